The molecule has 2 N–H and O–H groups in total. The van der Waals surface area contributed by atoms with E-state index >= 15 is 0 Å². The Morgan fingerprint density at radius 1 is 1.42 bits per heavy atom. The first-order valence-electron chi connectivity index (χ1n) is 5.94. The monoisotopic (exact) mass is 281 g/mol. The first-order chi connectivity index (χ1) is 9.09. The molecule has 0 aromatic carbocycles. The molecule has 7 heteroatoms. The van der Waals surface area contributed by atoms with Gasteiger partial charge >= 0.3 is 0 Å². The highest BCUT2D eigenvalue weighted by Crippen LogP contribution is 1.99. The van der Waals surface area contributed by atoms with Crippen LogP contribution >= 0.6 is 12.2 Å². The third-order valence-electron chi connectivity index (χ3n) is 2.96. The van der Waals surface area contributed by atoms with Gasteiger partial charge in [-0.05, 0) is 12.1 Å². The Labute approximate surface area is 115 Å². The summed E-state index contributed by atoms with van der Waals surface area (Å²) in [5, 5.41) is 0. The summed E-state index contributed by atoms with van der Waals surface area (Å²) >= 11 is 4.80. The molecule has 1 aliphatic heterocycles. The molecule has 102 valence electrons. The van der Waals surface area contributed by atoms with Crippen LogP contribution in [0, 0.1) is 0 Å². The Kier molecular flexibility index (Phi) is 4.28. The van der Waals surface area contributed by atoms with Crippen LogP contribution in [0.3, 0.4) is 0 Å². The van der Waals surface area contributed by atoms with Gasteiger partial charge in [-0.2, -0.15) is 0 Å². The van der Waals surface area contributed by atoms with Crippen molar-refractivity contribution >= 4 is 23.1 Å². The van der Waals surface area contributed by atoms with Gasteiger partial charge < -0.3 is 19.9 Å². The van der Waals surface area contributed by atoms with E-state index in [0.717, 1.165) is 0 Å². The van der Waals surface area contributed by atoms with E-state index < -0.39 is 0 Å². The Bertz CT molecular complexity index is 549. The molecule has 6 nitrogen and oxygen atoms in total. The lowest BCUT2D eigenvalue weighted by Crippen LogP contribution is -2.43. The number of rotatable bonds is 3. The van der Waals surface area contributed by atoms with E-state index in [9.17, 15) is 9.59 Å². The molecule has 1 aliphatic rings. The molecule has 2 heterocycles. The number of carbonyl (C=O) groups is 1. The van der Waals surface area contributed by atoms with Crippen LogP contribution in [-0.2, 0) is 16.1 Å². The van der Waals surface area contributed by atoms with Gasteiger partial charge in [-0.25, -0.2) is 0 Å². The Balaban J connectivity index is 2.15. The fourth-order valence-electron chi connectivity index (χ4n) is 1.91. The summed E-state index contributed by atoms with van der Waals surface area (Å²) in [6, 6.07) is 3.21. The highest BCUT2D eigenvalue weighted by Gasteiger charge is 2.18. The highest BCUT2D eigenvalue weighted by molar-refractivity contribution is 7.80. The third-order valence-corrected chi connectivity index (χ3v) is 3.17. The lowest BCUT2D eigenvalue weighted by Gasteiger charge is -2.27. The van der Waals surface area contributed by atoms with Crippen LogP contribution in [0.4, 0.5) is 0 Å². The van der Waals surface area contributed by atoms with Crippen LogP contribution in [0.2, 0.25) is 0 Å². The van der Waals surface area contributed by atoms with Crippen molar-refractivity contribution in [2.45, 2.75) is 6.54 Å². The van der Waals surface area contributed by atoms with Crippen LogP contribution in [0.1, 0.15) is 5.56 Å². The molecule has 0 spiro atoms. The molecule has 0 unspecified atom stereocenters. The molecule has 0 atom stereocenters. The van der Waals surface area contributed by atoms with E-state index in [-0.39, 0.29) is 28.6 Å². The van der Waals surface area contributed by atoms with Crippen molar-refractivity contribution in [3.63, 3.8) is 0 Å². The largest absolute Gasteiger partial charge is 0.389 e. The Morgan fingerprint density at radius 2 is 2.11 bits per heavy atom. The maximum atomic E-state index is 12.0. The van der Waals surface area contributed by atoms with E-state index in [1.54, 1.807) is 23.2 Å². The zero-order chi connectivity index (χ0) is 13.8. The summed E-state index contributed by atoms with van der Waals surface area (Å²) in [5.41, 5.74) is 5.38. The maximum Gasteiger partial charge on any atom is 0.261 e. The number of pyridine rings is 1. The van der Waals surface area contributed by atoms with Gasteiger partial charge in [0.05, 0.1) is 18.8 Å². The van der Waals surface area contributed by atoms with Gasteiger partial charge in [-0.1, -0.05) is 12.2 Å². The quantitative estimate of drug-likeness (QED) is 0.744. The molecule has 1 saturated heterocycles. The maximum absolute atomic E-state index is 12.0. The second-order valence-corrected chi connectivity index (χ2v) is 4.65. The highest BCUT2D eigenvalue weighted by atomic mass is 32.1. The van der Waals surface area contributed by atoms with Gasteiger partial charge in [0.25, 0.3) is 5.56 Å². The standard InChI is InChI=1S/C12H15N3O3S/c13-11(19)9-2-1-3-15(12(9)17)8-10(16)14-4-6-18-7-5-14/h1-3H,4-8H2,(H2,13,19). The minimum absolute atomic E-state index is 0.00468. The number of ether oxygens (including phenoxy) is 1. The zero-order valence-electron chi connectivity index (χ0n) is 10.4. The second-order valence-electron chi connectivity index (χ2n) is 4.21. The van der Waals surface area contributed by atoms with Crippen LogP contribution in [0.5, 0.6) is 0 Å². The summed E-state index contributed by atoms with van der Waals surface area (Å²) in [6.07, 6.45) is 1.56. The van der Waals surface area contributed by atoms with Crippen LogP contribution in [-0.4, -0.2) is 46.7 Å². The van der Waals surface area contributed by atoms with Crippen LogP contribution in [0.25, 0.3) is 0 Å². The number of morpholine rings is 1. The van der Waals surface area contributed by atoms with Crippen molar-refractivity contribution in [1.82, 2.24) is 9.47 Å². The molecular formula is C12H15N3O3S. The predicted molar refractivity (Wildman–Crippen MR) is 74.0 cm³/mol. The van der Waals surface area contributed by atoms with Crippen LogP contribution < -0.4 is 11.3 Å². The number of amides is 1. The van der Waals surface area contributed by atoms with Gasteiger partial charge in [-0.15, -0.1) is 0 Å². The summed E-state index contributed by atoms with van der Waals surface area (Å²) in [6.45, 7) is 2.18. The fraction of sp³-hybridized carbons (Fsp3) is 0.417. The number of carbonyl (C=O) groups excluding carboxylic acids is 1. The number of aromatic nitrogens is 1. The van der Waals surface area contributed by atoms with E-state index in [0.29, 0.717) is 26.3 Å². The number of nitrogens with two attached hydrogens (primary N) is 1. The molecule has 0 aliphatic carbocycles. The van der Waals surface area contributed by atoms with Gasteiger partial charge in [-0.3, -0.25) is 9.59 Å². The van der Waals surface area contributed by atoms with Crippen molar-refractivity contribution in [3.05, 3.63) is 34.2 Å². The zero-order valence-corrected chi connectivity index (χ0v) is 11.2. The van der Waals surface area contributed by atoms with Crippen molar-refractivity contribution in [3.8, 4) is 0 Å². The van der Waals surface area contributed by atoms with Crippen molar-refractivity contribution in [2.24, 2.45) is 5.73 Å². The topological polar surface area (TPSA) is 77.6 Å². The molecule has 0 saturated carbocycles. The SMILES string of the molecule is NC(=S)c1cccn(CC(=O)N2CCOCC2)c1=O. The Morgan fingerprint density at radius 3 is 2.74 bits per heavy atom. The van der Waals surface area contributed by atoms with E-state index in [1.165, 1.54) is 4.57 Å². The number of nitrogens with zero attached hydrogens (tertiary/aromatic N) is 2. The lowest BCUT2D eigenvalue weighted by atomic mass is 10.2. The molecule has 1 aromatic rings. The second kappa shape index (κ2) is 5.94. The molecule has 0 radical (unpaired) electrons. The number of hydrogen-bond acceptors (Lipinski definition) is 4. The van der Waals surface area contributed by atoms with Crippen molar-refractivity contribution in [2.75, 3.05) is 26.3 Å². The van der Waals surface area contributed by atoms with E-state index in [1.807, 2.05) is 0 Å². The lowest BCUT2D eigenvalue weighted by molar-refractivity contribution is -0.135. The first-order valence-corrected chi connectivity index (χ1v) is 6.35. The predicted octanol–water partition coefficient (Wildman–Crippen LogP) is -0.659. The number of thiocarbonyl (C=S) groups is 1. The van der Waals surface area contributed by atoms with Gasteiger partial charge in [0.1, 0.15) is 11.5 Å². The first kappa shape index (κ1) is 13.7. The summed E-state index contributed by atoms with van der Waals surface area (Å²) in [4.78, 5) is 25.8. The average molecular weight is 281 g/mol. The molecule has 1 fully saturated rings. The minimum atomic E-state index is -0.336. The normalized spacial score (nSPS) is 15.3. The van der Waals surface area contributed by atoms with E-state index in [4.69, 9.17) is 22.7 Å². The molecule has 1 aromatic heterocycles. The summed E-state index contributed by atoms with van der Waals surface area (Å²) in [7, 11) is 0. The molecule has 0 bridgehead atoms. The summed E-state index contributed by atoms with van der Waals surface area (Å²) in [5.74, 6) is -0.106. The van der Waals surface area contributed by atoms with Crippen molar-refractivity contribution < 1.29 is 9.53 Å². The Hall–Kier alpha value is -1.73. The molecule has 2 rings (SSSR count). The van der Waals surface area contributed by atoms with Crippen LogP contribution in [0.15, 0.2) is 23.1 Å². The van der Waals surface area contributed by atoms with E-state index in [2.05, 4.69) is 0 Å². The van der Waals surface area contributed by atoms with Gasteiger partial charge in [0.15, 0.2) is 0 Å². The number of hydrogen-bond donors (Lipinski definition) is 1. The van der Waals surface area contributed by atoms with Gasteiger partial charge in [0, 0.05) is 19.3 Å². The molecular weight excluding hydrogens is 266 g/mol. The minimum Gasteiger partial charge on any atom is -0.389 e. The molecule has 19 heavy (non-hydrogen) atoms. The molecule has 1 amide bonds. The van der Waals surface area contributed by atoms with Crippen molar-refractivity contribution in [1.29, 1.82) is 0 Å². The average Bonchev–Trinajstić information content (AvgIpc) is 2.41. The summed E-state index contributed by atoms with van der Waals surface area (Å²) < 4.78 is 6.50. The smallest absolute Gasteiger partial charge is 0.261 e. The van der Waals surface area contributed by atoms with Gasteiger partial charge in [0.2, 0.25) is 5.91 Å². The fourth-order valence-corrected chi connectivity index (χ4v) is 2.06. The third kappa shape index (κ3) is 3.18.